The van der Waals surface area contributed by atoms with Gasteiger partial charge >= 0.3 is 13.1 Å². The van der Waals surface area contributed by atoms with E-state index < -0.39 is 13.1 Å². The minimum atomic E-state index is -0.655. The molecule has 35 heavy (non-hydrogen) atoms. The average molecular weight is 498 g/mol. The highest BCUT2D eigenvalue weighted by Gasteiger charge is 2.36. The largest absolute Gasteiger partial charge is 0.494 e. The number of halogens is 1. The summed E-state index contributed by atoms with van der Waals surface area (Å²) >= 11 is 6.33. The van der Waals surface area contributed by atoms with Crippen LogP contribution in [0.2, 0.25) is 5.02 Å². The number of carbonyl (C=O) groups excluding carboxylic acids is 1. The Hall–Kier alpha value is -2.87. The zero-order chi connectivity index (χ0) is 25.0. The Morgan fingerprint density at radius 2 is 2.03 bits per heavy atom. The van der Waals surface area contributed by atoms with Gasteiger partial charge in [0.1, 0.15) is 5.02 Å². The van der Waals surface area contributed by atoms with E-state index in [4.69, 9.17) is 25.6 Å². The molecule has 1 aliphatic heterocycles. The molecule has 1 aromatic carbocycles. The first kappa shape index (κ1) is 25.2. The van der Waals surface area contributed by atoms with E-state index in [-0.39, 0.29) is 17.4 Å². The number of methoxy groups -OCH3 is 1. The average Bonchev–Trinajstić information content (AvgIpc) is 2.86. The summed E-state index contributed by atoms with van der Waals surface area (Å²) in [7, 11) is 0.676. The van der Waals surface area contributed by atoms with Crippen molar-refractivity contribution in [2.45, 2.75) is 45.6 Å². The normalized spacial score (nSPS) is 21.6. The van der Waals surface area contributed by atoms with Crippen LogP contribution in [0, 0.1) is 22.7 Å². The number of anilines is 3. The van der Waals surface area contributed by atoms with Gasteiger partial charge in [-0.25, -0.2) is 9.78 Å². The number of carbonyl (C=O) groups is 1. The lowest BCUT2D eigenvalue weighted by Crippen LogP contribution is -2.49. The molecule has 1 saturated carbocycles. The van der Waals surface area contributed by atoms with Crippen LogP contribution in [0.5, 0.6) is 0 Å². The number of esters is 1. The summed E-state index contributed by atoms with van der Waals surface area (Å²) in [5, 5.41) is 16.3. The van der Waals surface area contributed by atoms with Gasteiger partial charge in [0.05, 0.1) is 30.9 Å². The van der Waals surface area contributed by atoms with E-state index in [0.717, 1.165) is 25.7 Å². The number of nitriles is 1. The van der Waals surface area contributed by atoms with Crippen molar-refractivity contribution in [3.63, 3.8) is 0 Å². The summed E-state index contributed by atoms with van der Waals surface area (Å²) in [6.45, 7) is 5.14. The van der Waals surface area contributed by atoms with E-state index in [1.54, 1.807) is 18.2 Å². The Balaban J connectivity index is 1.54. The number of nitrogens with one attached hydrogen (secondary N) is 2. The minimum Gasteiger partial charge on any atom is -0.465 e. The second-order valence-electron chi connectivity index (χ2n) is 9.70. The molecule has 2 atom stereocenters. The van der Waals surface area contributed by atoms with Crippen molar-refractivity contribution in [3.8, 4) is 6.07 Å². The van der Waals surface area contributed by atoms with E-state index in [9.17, 15) is 10.1 Å². The number of benzene rings is 1. The highest BCUT2D eigenvalue weighted by molar-refractivity contribution is 6.63. The Kier molecular flexibility index (Phi) is 7.80. The zero-order valence-corrected chi connectivity index (χ0v) is 20.9. The van der Waals surface area contributed by atoms with E-state index in [1.807, 2.05) is 0 Å². The molecule has 2 N–H and O–H groups in total. The second-order valence-corrected chi connectivity index (χ2v) is 10.1. The minimum absolute atomic E-state index is 0.0142. The van der Waals surface area contributed by atoms with Gasteiger partial charge in [0.25, 0.3) is 0 Å². The maximum atomic E-state index is 12.5. The van der Waals surface area contributed by atoms with E-state index in [2.05, 4.69) is 40.5 Å². The third-order valence-electron chi connectivity index (χ3n) is 6.22. The van der Waals surface area contributed by atoms with Crippen molar-refractivity contribution in [1.29, 1.82) is 5.26 Å². The van der Waals surface area contributed by atoms with Crippen molar-refractivity contribution in [1.82, 2.24) is 9.97 Å². The van der Waals surface area contributed by atoms with E-state index >= 15 is 0 Å². The van der Waals surface area contributed by atoms with Crippen molar-refractivity contribution in [3.05, 3.63) is 35.0 Å². The smallest absolute Gasteiger partial charge is 0.465 e. The van der Waals surface area contributed by atoms with Crippen molar-refractivity contribution in [2.75, 3.05) is 31.0 Å². The van der Waals surface area contributed by atoms with E-state index in [1.165, 1.54) is 13.3 Å². The molecule has 0 radical (unpaired) electrons. The summed E-state index contributed by atoms with van der Waals surface area (Å²) in [5.74, 6) is 0.181. The Morgan fingerprint density at radius 1 is 1.29 bits per heavy atom. The van der Waals surface area contributed by atoms with Crippen molar-refractivity contribution < 1.29 is 18.8 Å². The first-order valence-corrected chi connectivity index (χ1v) is 12.1. The predicted octanol–water partition coefficient (Wildman–Crippen LogP) is 3.92. The molecule has 4 rings (SSSR count). The first-order chi connectivity index (χ1) is 16.8. The first-order valence-electron chi connectivity index (χ1n) is 11.7. The summed E-state index contributed by atoms with van der Waals surface area (Å²) < 4.78 is 16.7. The second kappa shape index (κ2) is 10.8. The topological polar surface area (TPSA) is 118 Å². The lowest BCUT2D eigenvalue weighted by Gasteiger charge is -2.33. The molecule has 184 valence electrons. The molecule has 0 spiro atoms. The SMILES string of the molecule is COC(=O)c1cc(Nc2ncc(Cl)c(NC3CCCC[C@@H]3C#N)n2)ccc1B1OCC(C)(C)CO1. The highest BCUT2D eigenvalue weighted by Crippen LogP contribution is 2.29. The van der Waals surface area contributed by atoms with Gasteiger partial charge in [-0.1, -0.05) is 44.4 Å². The molecule has 1 saturated heterocycles. The van der Waals surface area contributed by atoms with Crippen LogP contribution < -0.4 is 16.1 Å². The van der Waals surface area contributed by atoms with Gasteiger partial charge in [-0.05, 0) is 30.4 Å². The maximum absolute atomic E-state index is 12.5. The Labute approximate surface area is 210 Å². The molecular weight excluding hydrogens is 469 g/mol. The molecular formula is C24H29BClN5O4. The van der Waals surface area contributed by atoms with Gasteiger partial charge in [-0.2, -0.15) is 10.2 Å². The Bertz CT molecular complexity index is 1120. The molecule has 0 amide bonds. The summed E-state index contributed by atoms with van der Waals surface area (Å²) in [6, 6.07) is 7.59. The molecule has 1 unspecified atom stereocenters. The van der Waals surface area contributed by atoms with Crippen LogP contribution in [0.4, 0.5) is 17.5 Å². The fraction of sp³-hybridized carbons (Fsp3) is 0.500. The molecule has 2 aliphatic rings. The molecule has 2 heterocycles. The highest BCUT2D eigenvalue weighted by atomic mass is 35.5. The molecule has 9 nitrogen and oxygen atoms in total. The van der Waals surface area contributed by atoms with Crippen LogP contribution in [0.1, 0.15) is 49.9 Å². The zero-order valence-electron chi connectivity index (χ0n) is 20.1. The van der Waals surface area contributed by atoms with Gasteiger partial charge in [-0.15, -0.1) is 0 Å². The van der Waals surface area contributed by atoms with Crippen molar-refractivity contribution >= 4 is 47.6 Å². The van der Waals surface area contributed by atoms with Crippen LogP contribution >= 0.6 is 11.6 Å². The quantitative estimate of drug-likeness (QED) is 0.452. The van der Waals surface area contributed by atoms with Crippen LogP contribution in [0.15, 0.2) is 24.4 Å². The summed E-state index contributed by atoms with van der Waals surface area (Å²) in [5.41, 5.74) is 1.42. The van der Waals surface area contributed by atoms with Crippen LogP contribution in [0.25, 0.3) is 0 Å². The molecule has 11 heteroatoms. The molecule has 2 fully saturated rings. The lowest BCUT2D eigenvalue weighted by molar-refractivity contribution is 0.0340. The van der Waals surface area contributed by atoms with Gasteiger partial charge in [0, 0.05) is 30.4 Å². The fourth-order valence-corrected chi connectivity index (χ4v) is 4.44. The van der Waals surface area contributed by atoms with Gasteiger partial charge in [0.2, 0.25) is 5.95 Å². The number of nitrogens with zero attached hydrogens (tertiary/aromatic N) is 3. The number of aromatic nitrogens is 2. The van der Waals surface area contributed by atoms with Gasteiger partial charge < -0.3 is 24.7 Å². The van der Waals surface area contributed by atoms with Crippen LogP contribution in [-0.4, -0.2) is 49.4 Å². The monoisotopic (exact) mass is 497 g/mol. The number of hydrogen-bond donors (Lipinski definition) is 2. The standard InChI is InChI=1S/C24H29BClN5O4/c1-24(2)13-34-25(35-14-24)18-9-8-16(10-17(18)22(32)33-3)29-23-28-12-19(26)21(31-23)30-20-7-5-4-6-15(20)11-27/h8-10,12,15,20H,4-7,13-14H2,1-3H3,(H2,28,29,30,31)/t15-,20?/m1/s1. The van der Waals surface area contributed by atoms with Crippen molar-refractivity contribution in [2.24, 2.45) is 11.3 Å². The third kappa shape index (κ3) is 6.04. The predicted molar refractivity (Wildman–Crippen MR) is 134 cm³/mol. The maximum Gasteiger partial charge on any atom is 0.494 e. The lowest BCUT2D eigenvalue weighted by atomic mass is 9.73. The van der Waals surface area contributed by atoms with Gasteiger partial charge in [0.15, 0.2) is 5.82 Å². The van der Waals surface area contributed by atoms with E-state index in [0.29, 0.717) is 46.7 Å². The van der Waals surface area contributed by atoms with Crippen LogP contribution in [-0.2, 0) is 14.0 Å². The summed E-state index contributed by atoms with van der Waals surface area (Å²) in [4.78, 5) is 21.3. The summed E-state index contributed by atoms with van der Waals surface area (Å²) in [6.07, 6.45) is 5.35. The third-order valence-corrected chi connectivity index (χ3v) is 6.49. The Morgan fingerprint density at radius 3 is 2.74 bits per heavy atom. The van der Waals surface area contributed by atoms with Crippen LogP contribution in [0.3, 0.4) is 0 Å². The number of hydrogen-bond acceptors (Lipinski definition) is 9. The fourth-order valence-electron chi connectivity index (χ4n) is 4.29. The molecule has 0 bridgehead atoms. The number of ether oxygens (including phenoxy) is 1. The molecule has 2 aromatic rings. The number of rotatable bonds is 6. The van der Waals surface area contributed by atoms with Gasteiger partial charge in [-0.3, -0.25) is 0 Å². The molecule has 1 aliphatic carbocycles. The molecule has 1 aromatic heterocycles.